The molecule has 5 heteroatoms. The molecule has 0 amide bonds. The molecule has 5 nitrogen and oxygen atoms in total. The minimum atomic E-state index is 0.170. The van der Waals surface area contributed by atoms with Crippen LogP contribution in [0.5, 0.6) is 5.88 Å². The van der Waals surface area contributed by atoms with Gasteiger partial charge in [0.25, 0.3) is 0 Å². The Morgan fingerprint density at radius 3 is 2.68 bits per heavy atom. The zero-order valence-corrected chi connectivity index (χ0v) is 12.2. The van der Waals surface area contributed by atoms with Gasteiger partial charge in [0.15, 0.2) is 0 Å². The summed E-state index contributed by atoms with van der Waals surface area (Å²) in [6.45, 7) is 8.91. The van der Waals surface area contributed by atoms with E-state index in [9.17, 15) is 0 Å². The van der Waals surface area contributed by atoms with Crippen molar-refractivity contribution in [2.24, 2.45) is 0 Å². The molecule has 0 aromatic carbocycles. The largest absolute Gasteiger partial charge is 0.472 e. The molecular formula is C14H25N3O2. The quantitative estimate of drug-likeness (QED) is 0.899. The van der Waals surface area contributed by atoms with Crippen LogP contribution in [-0.4, -0.2) is 52.3 Å². The average Bonchev–Trinajstić information content (AvgIpc) is 2.81. The number of aromatic nitrogens is 2. The smallest absolute Gasteiger partial charge is 0.232 e. The van der Waals surface area contributed by atoms with Crippen molar-refractivity contribution in [3.63, 3.8) is 0 Å². The predicted molar refractivity (Wildman–Crippen MR) is 75.3 cm³/mol. The Balaban J connectivity index is 0.000000550. The molecule has 0 bridgehead atoms. The molecule has 0 saturated carbocycles. The molecule has 1 fully saturated rings. The summed E-state index contributed by atoms with van der Waals surface area (Å²) in [5, 5.41) is 8.83. The third kappa shape index (κ3) is 5.98. The van der Waals surface area contributed by atoms with E-state index in [-0.39, 0.29) is 12.7 Å². The van der Waals surface area contributed by atoms with E-state index in [2.05, 4.69) is 28.7 Å². The first-order valence-corrected chi connectivity index (χ1v) is 6.98. The number of aliphatic hydroxyl groups is 1. The number of hydrogen-bond acceptors (Lipinski definition) is 5. The number of rotatable bonds is 4. The van der Waals surface area contributed by atoms with Crippen LogP contribution >= 0.6 is 0 Å². The molecule has 0 aliphatic carbocycles. The SMILES string of the molecule is CCC.Cc1cnc(O[C@H]2CCN(CCO)C2)cn1. The molecule has 1 saturated heterocycles. The van der Waals surface area contributed by atoms with Crippen LogP contribution in [0.25, 0.3) is 0 Å². The van der Waals surface area contributed by atoms with Gasteiger partial charge in [0, 0.05) is 19.6 Å². The molecule has 108 valence electrons. The summed E-state index contributed by atoms with van der Waals surface area (Å²) in [5.74, 6) is 0.585. The molecule has 19 heavy (non-hydrogen) atoms. The number of aliphatic hydroxyl groups excluding tert-OH is 1. The van der Waals surface area contributed by atoms with E-state index in [0.717, 1.165) is 31.7 Å². The minimum Gasteiger partial charge on any atom is -0.472 e. The first kappa shape index (κ1) is 15.9. The molecule has 1 aromatic heterocycles. The van der Waals surface area contributed by atoms with E-state index in [1.54, 1.807) is 12.4 Å². The van der Waals surface area contributed by atoms with Gasteiger partial charge in [-0.2, -0.15) is 0 Å². The lowest BCUT2D eigenvalue weighted by Crippen LogP contribution is -2.27. The molecule has 1 aliphatic rings. The molecule has 0 radical (unpaired) electrons. The Bertz CT molecular complexity index is 343. The van der Waals surface area contributed by atoms with Crippen molar-refractivity contribution in [1.82, 2.24) is 14.9 Å². The molecule has 2 rings (SSSR count). The maximum atomic E-state index is 8.83. The summed E-state index contributed by atoms with van der Waals surface area (Å²) in [5.41, 5.74) is 0.890. The van der Waals surface area contributed by atoms with Crippen LogP contribution in [0.4, 0.5) is 0 Å². The van der Waals surface area contributed by atoms with Gasteiger partial charge in [0.1, 0.15) is 6.10 Å². The van der Waals surface area contributed by atoms with E-state index in [0.29, 0.717) is 5.88 Å². The number of hydrogen-bond donors (Lipinski definition) is 1. The Hall–Kier alpha value is -1.20. The van der Waals surface area contributed by atoms with E-state index < -0.39 is 0 Å². The van der Waals surface area contributed by atoms with Gasteiger partial charge < -0.3 is 9.84 Å². The highest BCUT2D eigenvalue weighted by Gasteiger charge is 2.23. The van der Waals surface area contributed by atoms with Crippen molar-refractivity contribution >= 4 is 0 Å². The van der Waals surface area contributed by atoms with Gasteiger partial charge in [-0.25, -0.2) is 4.98 Å². The van der Waals surface area contributed by atoms with Gasteiger partial charge >= 0.3 is 0 Å². The van der Waals surface area contributed by atoms with E-state index in [1.165, 1.54) is 6.42 Å². The van der Waals surface area contributed by atoms with Gasteiger partial charge in [0.2, 0.25) is 5.88 Å². The second-order valence-corrected chi connectivity index (χ2v) is 4.76. The van der Waals surface area contributed by atoms with Crippen LogP contribution in [0.3, 0.4) is 0 Å². The molecule has 1 aliphatic heterocycles. The highest BCUT2D eigenvalue weighted by Crippen LogP contribution is 2.15. The maximum Gasteiger partial charge on any atom is 0.232 e. The van der Waals surface area contributed by atoms with Gasteiger partial charge in [-0.3, -0.25) is 9.88 Å². The fraction of sp³-hybridized carbons (Fsp3) is 0.714. The van der Waals surface area contributed by atoms with Crippen LogP contribution in [0.1, 0.15) is 32.4 Å². The first-order chi connectivity index (χ1) is 9.19. The third-order valence-electron chi connectivity index (χ3n) is 2.69. The van der Waals surface area contributed by atoms with Crippen molar-refractivity contribution in [2.45, 2.75) is 39.7 Å². The van der Waals surface area contributed by atoms with Gasteiger partial charge in [-0.05, 0) is 13.3 Å². The number of likely N-dealkylation sites (tertiary alicyclic amines) is 1. The Morgan fingerprint density at radius 2 is 2.11 bits per heavy atom. The Morgan fingerprint density at radius 1 is 1.37 bits per heavy atom. The zero-order valence-electron chi connectivity index (χ0n) is 12.2. The molecule has 2 heterocycles. The van der Waals surface area contributed by atoms with Crippen molar-refractivity contribution in [1.29, 1.82) is 0 Å². The van der Waals surface area contributed by atoms with Crippen LogP contribution in [0, 0.1) is 6.92 Å². The van der Waals surface area contributed by atoms with Crippen molar-refractivity contribution in [2.75, 3.05) is 26.2 Å². The van der Waals surface area contributed by atoms with Crippen LogP contribution in [0.15, 0.2) is 12.4 Å². The number of nitrogens with zero attached hydrogens (tertiary/aromatic N) is 3. The van der Waals surface area contributed by atoms with Crippen molar-refractivity contribution in [3.8, 4) is 5.88 Å². The fourth-order valence-corrected chi connectivity index (χ4v) is 1.85. The van der Waals surface area contributed by atoms with E-state index >= 15 is 0 Å². The third-order valence-corrected chi connectivity index (χ3v) is 2.69. The lowest BCUT2D eigenvalue weighted by molar-refractivity contribution is 0.176. The normalized spacial score (nSPS) is 18.8. The Kier molecular flexibility index (Phi) is 7.36. The van der Waals surface area contributed by atoms with Gasteiger partial charge in [0.05, 0.1) is 24.7 Å². The maximum absolute atomic E-state index is 8.83. The summed E-state index contributed by atoms with van der Waals surface area (Å²) < 4.78 is 5.71. The first-order valence-electron chi connectivity index (χ1n) is 6.98. The number of aryl methyl sites for hydroxylation is 1. The van der Waals surface area contributed by atoms with E-state index in [1.807, 2.05) is 6.92 Å². The topological polar surface area (TPSA) is 58.5 Å². The zero-order chi connectivity index (χ0) is 14.1. The average molecular weight is 267 g/mol. The Labute approximate surface area is 115 Å². The lowest BCUT2D eigenvalue weighted by atomic mass is 10.3. The molecule has 1 aromatic rings. The summed E-state index contributed by atoms with van der Waals surface area (Å²) in [4.78, 5) is 10.5. The second kappa shape index (κ2) is 8.82. The highest BCUT2D eigenvalue weighted by molar-refractivity contribution is 5.06. The van der Waals surface area contributed by atoms with E-state index in [4.69, 9.17) is 9.84 Å². The molecule has 0 spiro atoms. The monoisotopic (exact) mass is 267 g/mol. The number of β-amino-alcohol motifs (C(OH)–C–C–N with tert-alkyl or cyclic N) is 1. The summed E-state index contributed by atoms with van der Waals surface area (Å²) in [6, 6.07) is 0. The second-order valence-electron chi connectivity index (χ2n) is 4.76. The number of ether oxygens (including phenoxy) is 1. The van der Waals surface area contributed by atoms with Gasteiger partial charge in [-0.15, -0.1) is 0 Å². The molecule has 0 unspecified atom stereocenters. The minimum absolute atomic E-state index is 0.170. The van der Waals surface area contributed by atoms with Crippen molar-refractivity contribution in [3.05, 3.63) is 18.1 Å². The molecular weight excluding hydrogens is 242 g/mol. The summed E-state index contributed by atoms with van der Waals surface area (Å²) in [6.07, 6.45) is 5.76. The lowest BCUT2D eigenvalue weighted by Gasteiger charge is -2.14. The standard InChI is InChI=1S/C11H17N3O2.C3H8/c1-9-6-13-11(7-12-9)16-10-2-3-14(8-10)4-5-15;1-3-2/h6-7,10,15H,2-5,8H2,1H3;3H2,1-2H3/t10-;/m0./s1. The van der Waals surface area contributed by atoms with Crippen molar-refractivity contribution < 1.29 is 9.84 Å². The fourth-order valence-electron chi connectivity index (χ4n) is 1.85. The highest BCUT2D eigenvalue weighted by atomic mass is 16.5. The predicted octanol–water partition coefficient (Wildman–Crippen LogP) is 1.65. The molecule has 1 N–H and O–H groups in total. The van der Waals surface area contributed by atoms with Crippen LogP contribution < -0.4 is 4.74 Å². The van der Waals surface area contributed by atoms with Crippen LogP contribution in [0.2, 0.25) is 0 Å². The summed E-state index contributed by atoms with van der Waals surface area (Å²) in [7, 11) is 0. The molecule has 1 atom stereocenters. The van der Waals surface area contributed by atoms with Gasteiger partial charge in [-0.1, -0.05) is 20.3 Å². The summed E-state index contributed by atoms with van der Waals surface area (Å²) >= 11 is 0. The van der Waals surface area contributed by atoms with Crippen LogP contribution in [-0.2, 0) is 0 Å².